The highest BCUT2D eigenvalue weighted by Crippen LogP contribution is 2.40. The van der Waals surface area contributed by atoms with Gasteiger partial charge in [-0.15, -0.1) is 0 Å². The number of aliphatic carboxylic acids is 1. The van der Waals surface area contributed by atoms with E-state index in [1.165, 1.54) is 6.92 Å². The van der Waals surface area contributed by atoms with Crippen molar-refractivity contribution in [3.8, 4) is 12.1 Å². The molecule has 0 aliphatic heterocycles. The summed E-state index contributed by atoms with van der Waals surface area (Å²) in [4.78, 5) is 11.3. The van der Waals surface area contributed by atoms with E-state index < -0.39 is 26.8 Å². The van der Waals surface area contributed by atoms with Gasteiger partial charge in [-0.3, -0.25) is 0 Å². The van der Waals surface area contributed by atoms with E-state index in [1.807, 2.05) is 0 Å². The third kappa shape index (κ3) is 2.64. The van der Waals surface area contributed by atoms with Gasteiger partial charge < -0.3 is 9.22 Å². The molecule has 0 aliphatic rings. The molecule has 0 radical (unpaired) electrons. The molecule has 0 saturated carbocycles. The molecule has 0 rings (SSSR count). The van der Waals surface area contributed by atoms with Gasteiger partial charge in [-0.25, -0.2) is 9.57 Å². The zero-order chi connectivity index (χ0) is 14.4. The van der Waals surface area contributed by atoms with Crippen LogP contribution in [-0.4, -0.2) is 37.0 Å². The standard InChI is InChI=1S/C9H16N4O3Si2/c1-6(2)8(3,12-13-18-16-17)9(4-10,5-11)7(14)15/h6H,18H2,1-3,17H3,(H,14,15). The lowest BCUT2D eigenvalue weighted by molar-refractivity contribution is -0.146. The molecule has 0 aromatic heterocycles. The summed E-state index contributed by atoms with van der Waals surface area (Å²) in [6.45, 7) is 4.87. The highest BCUT2D eigenvalue weighted by atomic mass is 28.3. The van der Waals surface area contributed by atoms with Crippen molar-refractivity contribution in [2.75, 3.05) is 0 Å². The molecule has 0 amide bonds. The second-order valence-electron chi connectivity index (χ2n) is 4.24. The molecule has 1 N–H and O–H groups in total. The maximum atomic E-state index is 11.3. The number of nitriles is 2. The van der Waals surface area contributed by atoms with Gasteiger partial charge in [0, 0.05) is 0 Å². The smallest absolute Gasteiger partial charge is 0.341 e. The minimum atomic E-state index is -2.25. The second-order valence-corrected chi connectivity index (χ2v) is 7.09. The van der Waals surface area contributed by atoms with Gasteiger partial charge in [0.15, 0.2) is 0 Å². The summed E-state index contributed by atoms with van der Waals surface area (Å²) in [6, 6.07) is 3.16. The van der Waals surface area contributed by atoms with Crippen molar-refractivity contribution in [2.45, 2.75) is 26.3 Å². The number of carboxylic acids is 1. The zero-order valence-corrected chi connectivity index (χ0v) is 14.3. The topological polar surface area (TPSA) is 119 Å². The fourth-order valence-corrected chi connectivity index (χ4v) is 2.23. The van der Waals surface area contributed by atoms with Crippen LogP contribution in [0.5, 0.6) is 0 Å². The van der Waals surface area contributed by atoms with Crippen LogP contribution in [0.4, 0.5) is 0 Å². The first-order chi connectivity index (χ1) is 8.32. The van der Waals surface area contributed by atoms with Crippen LogP contribution in [0.2, 0.25) is 0 Å². The Hall–Kier alpha value is -1.56. The van der Waals surface area contributed by atoms with Crippen molar-refractivity contribution in [2.24, 2.45) is 21.2 Å². The van der Waals surface area contributed by atoms with Gasteiger partial charge in [0.25, 0.3) is 5.41 Å². The molecular weight excluding hydrogens is 268 g/mol. The van der Waals surface area contributed by atoms with E-state index >= 15 is 0 Å². The predicted octanol–water partition coefficient (Wildman–Crippen LogP) is -0.733. The summed E-state index contributed by atoms with van der Waals surface area (Å²) in [7, 11) is -0.644. The molecule has 18 heavy (non-hydrogen) atoms. The molecule has 7 nitrogen and oxygen atoms in total. The highest BCUT2D eigenvalue weighted by molar-refractivity contribution is 6.31. The Bertz CT molecular complexity index is 413. The lowest BCUT2D eigenvalue weighted by Crippen LogP contribution is -2.51. The zero-order valence-electron chi connectivity index (χ0n) is 10.8. The molecule has 0 aromatic rings. The van der Waals surface area contributed by atoms with Crippen LogP contribution in [0, 0.1) is 34.0 Å². The summed E-state index contributed by atoms with van der Waals surface area (Å²) >= 11 is 0. The Balaban J connectivity index is 5.81. The average Bonchev–Trinajstić information content (AvgIpc) is 2.30. The maximum Gasteiger partial charge on any atom is 0.341 e. The largest absolute Gasteiger partial charge is 0.479 e. The van der Waals surface area contributed by atoms with E-state index in [0.717, 1.165) is 0 Å². The number of rotatable bonds is 6. The highest BCUT2D eigenvalue weighted by Gasteiger charge is 2.58. The molecule has 0 aliphatic carbocycles. The number of carboxylic acid groups (broad SMARTS) is 1. The normalized spacial score (nSPS) is 15.9. The van der Waals surface area contributed by atoms with E-state index in [0.29, 0.717) is 10.5 Å². The summed E-state index contributed by atoms with van der Waals surface area (Å²) in [5, 5.41) is 31.4. The lowest BCUT2D eigenvalue weighted by atomic mass is 9.67. The number of hydrogen-bond donors (Lipinski definition) is 1. The van der Waals surface area contributed by atoms with Crippen molar-refractivity contribution in [3.05, 3.63) is 0 Å². The van der Waals surface area contributed by atoms with Crippen molar-refractivity contribution in [1.82, 2.24) is 0 Å². The molecule has 0 saturated heterocycles. The van der Waals surface area contributed by atoms with Gasteiger partial charge in [-0.2, -0.15) is 15.6 Å². The monoisotopic (exact) mass is 284 g/mol. The molecule has 0 fully saturated rings. The van der Waals surface area contributed by atoms with E-state index in [-0.39, 0.29) is 5.92 Å². The summed E-state index contributed by atoms with van der Waals surface area (Å²) in [5.74, 6) is -1.84. The quantitative estimate of drug-likeness (QED) is 0.509. The molecule has 1 atom stereocenters. The van der Waals surface area contributed by atoms with E-state index in [1.54, 1.807) is 26.0 Å². The van der Waals surface area contributed by atoms with Gasteiger partial charge in [-0.05, 0) is 12.8 Å². The van der Waals surface area contributed by atoms with Crippen molar-refractivity contribution in [3.63, 3.8) is 0 Å². The Labute approximate surface area is 111 Å². The lowest BCUT2D eigenvalue weighted by Gasteiger charge is -2.35. The van der Waals surface area contributed by atoms with Gasteiger partial charge >= 0.3 is 15.9 Å². The maximum absolute atomic E-state index is 11.3. The third-order valence-electron chi connectivity index (χ3n) is 3.00. The third-order valence-corrected chi connectivity index (χ3v) is 4.29. The van der Waals surface area contributed by atoms with Gasteiger partial charge in [0.05, 0.1) is 12.1 Å². The molecule has 1 unspecified atom stereocenters. The molecule has 9 heteroatoms. The average molecular weight is 284 g/mol. The van der Waals surface area contributed by atoms with E-state index in [2.05, 4.69) is 9.89 Å². The number of hydrogen-bond acceptors (Lipinski definition) is 6. The van der Waals surface area contributed by atoms with Crippen molar-refractivity contribution >= 4 is 26.4 Å². The molecule has 0 spiro atoms. The Morgan fingerprint density at radius 2 is 2.00 bits per heavy atom. The molecule has 0 aromatic carbocycles. The Kier molecular flexibility index (Phi) is 5.84. The molecule has 0 heterocycles. The fourth-order valence-electron chi connectivity index (χ4n) is 1.42. The van der Waals surface area contributed by atoms with Crippen LogP contribution < -0.4 is 0 Å². The summed E-state index contributed by atoms with van der Waals surface area (Å²) < 4.78 is 8.80. The van der Waals surface area contributed by atoms with Crippen molar-refractivity contribution < 1.29 is 14.0 Å². The van der Waals surface area contributed by atoms with Crippen LogP contribution in [0.15, 0.2) is 9.89 Å². The van der Waals surface area contributed by atoms with E-state index in [4.69, 9.17) is 14.6 Å². The Morgan fingerprint density at radius 3 is 2.28 bits per heavy atom. The Morgan fingerprint density at radius 1 is 1.50 bits per heavy atom. The second kappa shape index (κ2) is 6.40. The SMILES string of the molecule is CC(C)C(C)(N=N[SiH2]O[SiH3])C(C#N)(C#N)C(=O)O. The fraction of sp³-hybridized carbons (Fsp3) is 0.667. The minimum Gasteiger partial charge on any atom is -0.479 e. The summed E-state index contributed by atoms with van der Waals surface area (Å²) in [6.07, 6.45) is 0. The molecular formula is C9H16N4O3Si2. The van der Waals surface area contributed by atoms with Gasteiger partial charge in [0.1, 0.15) is 16.0 Å². The first-order valence-corrected chi connectivity index (χ1v) is 7.28. The van der Waals surface area contributed by atoms with Crippen LogP contribution in [0.25, 0.3) is 0 Å². The van der Waals surface area contributed by atoms with Crippen LogP contribution in [-0.2, 0) is 8.91 Å². The minimum absolute atomic E-state index is 0.334. The van der Waals surface area contributed by atoms with Crippen molar-refractivity contribution in [1.29, 1.82) is 10.5 Å². The van der Waals surface area contributed by atoms with E-state index in [9.17, 15) is 9.90 Å². The molecule has 0 bridgehead atoms. The first kappa shape index (κ1) is 16.4. The molecule has 98 valence electrons. The number of nitrogens with zero attached hydrogens (tertiary/aromatic N) is 4. The summed E-state index contributed by atoms with van der Waals surface area (Å²) in [5.41, 5.74) is -3.65. The van der Waals surface area contributed by atoms with Gasteiger partial charge in [0.2, 0.25) is 0 Å². The number of carbonyl (C=O) groups is 1. The van der Waals surface area contributed by atoms with Gasteiger partial charge in [-0.1, -0.05) is 13.8 Å². The van der Waals surface area contributed by atoms with Crippen LogP contribution in [0.1, 0.15) is 20.8 Å². The predicted molar refractivity (Wildman–Crippen MR) is 69.0 cm³/mol. The first-order valence-electron chi connectivity index (χ1n) is 5.26. The van der Waals surface area contributed by atoms with Crippen LogP contribution in [0.3, 0.4) is 0 Å². The van der Waals surface area contributed by atoms with Crippen LogP contribution >= 0.6 is 0 Å².